The van der Waals surface area contributed by atoms with Crippen LogP contribution in [-0.2, 0) is 9.47 Å². The number of rotatable bonds is 7. The number of aromatic hydroxyl groups is 1. The van der Waals surface area contributed by atoms with Crippen LogP contribution in [0.2, 0.25) is 0 Å². The van der Waals surface area contributed by atoms with E-state index in [2.05, 4.69) is 20.8 Å². The number of hydrogen-bond donors (Lipinski definition) is 1. The number of pyridine rings is 1. The molecule has 234 valence electrons. The van der Waals surface area contributed by atoms with Crippen molar-refractivity contribution in [1.29, 1.82) is 0 Å². The van der Waals surface area contributed by atoms with Gasteiger partial charge in [0.05, 0.1) is 42.4 Å². The predicted octanol–water partition coefficient (Wildman–Crippen LogP) is 4.62. The maximum Gasteiger partial charge on any atom is 0.319 e. The Kier molecular flexibility index (Phi) is 7.63. The van der Waals surface area contributed by atoms with Crippen LogP contribution in [0.1, 0.15) is 24.8 Å². The van der Waals surface area contributed by atoms with Crippen LogP contribution >= 0.6 is 0 Å². The average Bonchev–Trinajstić information content (AvgIpc) is 3.56. The largest absolute Gasteiger partial charge is 0.508 e. The molecule has 9 nitrogen and oxygen atoms in total. The number of terminal acetylenes is 1. The van der Waals surface area contributed by atoms with Crippen LogP contribution in [0.15, 0.2) is 30.5 Å². The molecule has 3 unspecified atom stereocenters. The molecule has 3 fully saturated rings. The summed E-state index contributed by atoms with van der Waals surface area (Å²) in [5.74, 6) is 1.11. The Balaban J connectivity index is 1.39. The van der Waals surface area contributed by atoms with E-state index in [1.165, 1.54) is 30.5 Å². The third-order valence-corrected chi connectivity index (χ3v) is 9.18. The summed E-state index contributed by atoms with van der Waals surface area (Å²) in [6.07, 6.45) is 8.26. The number of alkyl halides is 1. The molecule has 0 amide bonds. The number of phenolic OH excluding ortho intramolecular Hbond substituents is 1. The summed E-state index contributed by atoms with van der Waals surface area (Å²) in [4.78, 5) is 17.8. The van der Waals surface area contributed by atoms with E-state index in [0.29, 0.717) is 55.9 Å². The molecule has 4 aromatic rings. The van der Waals surface area contributed by atoms with Crippen LogP contribution < -0.4 is 9.64 Å². The van der Waals surface area contributed by atoms with Crippen LogP contribution in [0.3, 0.4) is 0 Å². The fourth-order valence-corrected chi connectivity index (χ4v) is 7.16. The summed E-state index contributed by atoms with van der Waals surface area (Å²) >= 11 is 0. The fraction of sp³-hybridized carbons (Fsp3) is 0.424. The number of aromatic nitrogens is 3. The quantitative estimate of drug-likeness (QED) is 0.298. The standard InChI is InChI=1S/C33H32F3N5O4/c1-3-23-26(35)6-5-19-11-22(42)12-24(27(19)23)29-28(36)30-25(14-37-29)31(41-9-10-44-17-21(41)16-43-2)39-32(38-30)45-18-33-7-4-8-40(33)15-20(34)13-33/h1,5-6,11-12,14,20-21,42H,4,7-10,13,15-18H2,2H3. The zero-order valence-electron chi connectivity index (χ0n) is 24.7. The van der Waals surface area contributed by atoms with Gasteiger partial charge in [0, 0.05) is 43.8 Å². The Hall–Kier alpha value is -4.18. The number of hydrogen-bond acceptors (Lipinski definition) is 9. The lowest BCUT2D eigenvalue weighted by molar-refractivity contribution is 0.0597. The second-order valence-corrected chi connectivity index (χ2v) is 11.9. The molecule has 2 aromatic heterocycles. The summed E-state index contributed by atoms with van der Waals surface area (Å²) in [6, 6.07) is 5.11. The molecule has 7 rings (SSSR count). The third-order valence-electron chi connectivity index (χ3n) is 9.18. The van der Waals surface area contributed by atoms with Crippen molar-refractivity contribution < 1.29 is 32.5 Å². The third kappa shape index (κ3) is 5.09. The lowest BCUT2D eigenvalue weighted by Crippen LogP contribution is -2.48. The number of fused-ring (bicyclic) bond motifs is 3. The molecule has 0 bridgehead atoms. The van der Waals surface area contributed by atoms with E-state index < -0.39 is 23.3 Å². The highest BCUT2D eigenvalue weighted by atomic mass is 19.1. The zero-order chi connectivity index (χ0) is 31.3. The summed E-state index contributed by atoms with van der Waals surface area (Å²) in [5.41, 5.74) is -0.673. The molecule has 0 radical (unpaired) electrons. The number of nitrogens with zero attached hydrogens (tertiary/aromatic N) is 5. The first kappa shape index (κ1) is 29.5. The maximum atomic E-state index is 16.8. The van der Waals surface area contributed by atoms with Gasteiger partial charge in [0.2, 0.25) is 0 Å². The second-order valence-electron chi connectivity index (χ2n) is 11.9. The molecule has 0 saturated carbocycles. The van der Waals surface area contributed by atoms with Crippen molar-refractivity contribution >= 4 is 27.5 Å². The first-order valence-electron chi connectivity index (χ1n) is 15.0. The van der Waals surface area contributed by atoms with Gasteiger partial charge in [-0.2, -0.15) is 9.97 Å². The highest BCUT2D eigenvalue weighted by Crippen LogP contribution is 2.42. The minimum absolute atomic E-state index is 0.0594. The first-order chi connectivity index (χ1) is 21.8. The smallest absolute Gasteiger partial charge is 0.319 e. The lowest BCUT2D eigenvalue weighted by atomic mass is 9.95. The molecule has 2 aromatic carbocycles. The van der Waals surface area contributed by atoms with E-state index in [9.17, 15) is 13.9 Å². The molecule has 5 heterocycles. The highest BCUT2D eigenvalue weighted by Gasteiger charge is 2.49. The van der Waals surface area contributed by atoms with Gasteiger partial charge in [0.15, 0.2) is 5.82 Å². The van der Waals surface area contributed by atoms with Crippen molar-refractivity contribution in [2.75, 3.05) is 58.1 Å². The Morgan fingerprint density at radius 1 is 1.22 bits per heavy atom. The lowest BCUT2D eigenvalue weighted by Gasteiger charge is -2.36. The number of anilines is 1. The average molecular weight is 620 g/mol. The van der Waals surface area contributed by atoms with Gasteiger partial charge in [-0.15, -0.1) is 6.42 Å². The summed E-state index contributed by atoms with van der Waals surface area (Å²) in [6.45, 7) is 2.89. The fourth-order valence-electron chi connectivity index (χ4n) is 7.16. The molecule has 12 heteroatoms. The molecule has 0 aliphatic carbocycles. The van der Waals surface area contributed by atoms with E-state index >= 15 is 4.39 Å². The van der Waals surface area contributed by atoms with Gasteiger partial charge in [-0.05, 0) is 43.0 Å². The Morgan fingerprint density at radius 2 is 2.09 bits per heavy atom. The normalized spacial score (nSPS) is 23.5. The van der Waals surface area contributed by atoms with E-state index in [1.54, 1.807) is 7.11 Å². The first-order valence-corrected chi connectivity index (χ1v) is 15.0. The highest BCUT2D eigenvalue weighted by molar-refractivity contribution is 6.03. The molecular weight excluding hydrogens is 587 g/mol. The van der Waals surface area contributed by atoms with Crippen molar-refractivity contribution in [3.63, 3.8) is 0 Å². The predicted molar refractivity (Wildman–Crippen MR) is 162 cm³/mol. The van der Waals surface area contributed by atoms with Crippen LogP contribution in [0, 0.1) is 24.0 Å². The van der Waals surface area contributed by atoms with Gasteiger partial charge < -0.3 is 24.2 Å². The topological polar surface area (TPSA) is 93.1 Å². The van der Waals surface area contributed by atoms with Crippen LogP contribution in [0.5, 0.6) is 11.8 Å². The molecule has 3 aliphatic rings. The van der Waals surface area contributed by atoms with Gasteiger partial charge >= 0.3 is 6.01 Å². The molecule has 3 aliphatic heterocycles. The van der Waals surface area contributed by atoms with E-state index in [0.717, 1.165) is 19.4 Å². The van der Waals surface area contributed by atoms with Gasteiger partial charge in [-0.3, -0.25) is 9.88 Å². The number of methoxy groups -OCH3 is 1. The van der Waals surface area contributed by atoms with Crippen LogP contribution in [0.25, 0.3) is 32.9 Å². The van der Waals surface area contributed by atoms with Gasteiger partial charge in [-0.1, -0.05) is 12.0 Å². The van der Waals surface area contributed by atoms with E-state index in [-0.39, 0.29) is 52.1 Å². The van der Waals surface area contributed by atoms with Crippen molar-refractivity contribution in [3.8, 4) is 35.4 Å². The molecule has 3 atom stereocenters. The summed E-state index contributed by atoms with van der Waals surface area (Å²) in [7, 11) is 1.59. The van der Waals surface area contributed by atoms with Gasteiger partial charge in [-0.25, -0.2) is 13.2 Å². The Labute approximate surface area is 257 Å². The number of phenols is 1. The minimum Gasteiger partial charge on any atom is -0.508 e. The zero-order valence-corrected chi connectivity index (χ0v) is 24.7. The maximum absolute atomic E-state index is 16.8. The van der Waals surface area contributed by atoms with Crippen molar-refractivity contribution in [2.45, 2.75) is 37.0 Å². The number of morpholine rings is 1. The van der Waals surface area contributed by atoms with Crippen LogP contribution in [0.4, 0.5) is 19.0 Å². The SMILES string of the molecule is C#Cc1c(F)ccc2cc(O)cc(-c3ncc4c(N5CCOCC5COC)nc(OCC56CCCN5CC(F)C6)nc4c3F)c12. The Morgan fingerprint density at radius 3 is 2.91 bits per heavy atom. The molecule has 0 spiro atoms. The molecule has 45 heavy (non-hydrogen) atoms. The number of ether oxygens (including phenoxy) is 3. The van der Waals surface area contributed by atoms with Gasteiger partial charge in [0.25, 0.3) is 0 Å². The second kappa shape index (κ2) is 11.6. The molecule has 1 N–H and O–H groups in total. The monoisotopic (exact) mass is 619 g/mol. The molecule has 3 saturated heterocycles. The van der Waals surface area contributed by atoms with E-state index in [4.69, 9.17) is 25.6 Å². The number of benzene rings is 2. The van der Waals surface area contributed by atoms with Gasteiger partial charge in [0.1, 0.15) is 41.4 Å². The van der Waals surface area contributed by atoms with Crippen LogP contribution in [-0.4, -0.2) is 95.9 Å². The molecular formula is C33H32F3N5O4. The number of halogens is 3. The summed E-state index contributed by atoms with van der Waals surface area (Å²) in [5, 5.41) is 11.5. The minimum atomic E-state index is -0.939. The summed E-state index contributed by atoms with van der Waals surface area (Å²) < 4.78 is 63.3. The van der Waals surface area contributed by atoms with Crippen molar-refractivity contribution in [3.05, 3.63) is 47.7 Å². The van der Waals surface area contributed by atoms with E-state index in [1.807, 2.05) is 4.90 Å². The Bertz CT molecular complexity index is 1830. The van der Waals surface area contributed by atoms with Crippen molar-refractivity contribution in [1.82, 2.24) is 19.9 Å². The van der Waals surface area contributed by atoms with Crippen molar-refractivity contribution in [2.24, 2.45) is 0 Å².